The second kappa shape index (κ2) is 5.06. The second-order valence-electron chi connectivity index (χ2n) is 4.51. The fourth-order valence-electron chi connectivity index (χ4n) is 1.88. The molecular weight excluding hydrogens is 290 g/mol. The van der Waals surface area contributed by atoms with Crippen molar-refractivity contribution >= 4 is 27.6 Å². The molecule has 0 amide bonds. The Morgan fingerprint density at radius 3 is 2.61 bits per heavy atom. The van der Waals surface area contributed by atoms with E-state index in [0.29, 0.717) is 11.9 Å². The molecule has 2 aromatic rings. The number of halogens is 1. The van der Waals surface area contributed by atoms with Crippen LogP contribution in [0.1, 0.15) is 30.1 Å². The van der Waals surface area contributed by atoms with Crippen LogP contribution in [-0.4, -0.2) is 9.97 Å². The SMILES string of the molecule is BrCc1cc(C2CC2)nc(Nc2ccccc2)n1. The van der Waals surface area contributed by atoms with Crippen LogP contribution in [0.2, 0.25) is 0 Å². The zero-order chi connectivity index (χ0) is 12.4. The van der Waals surface area contributed by atoms with Crippen molar-refractivity contribution in [1.82, 2.24) is 9.97 Å². The van der Waals surface area contributed by atoms with Gasteiger partial charge in [0.25, 0.3) is 0 Å². The molecule has 4 heteroatoms. The van der Waals surface area contributed by atoms with Crippen molar-refractivity contribution in [3.63, 3.8) is 0 Å². The van der Waals surface area contributed by atoms with E-state index in [-0.39, 0.29) is 0 Å². The van der Waals surface area contributed by atoms with E-state index in [1.807, 2.05) is 30.3 Å². The molecule has 1 aromatic heterocycles. The summed E-state index contributed by atoms with van der Waals surface area (Å²) >= 11 is 3.46. The molecule has 18 heavy (non-hydrogen) atoms. The Labute approximate surface area is 115 Å². The lowest BCUT2D eigenvalue weighted by Crippen LogP contribution is -2.02. The summed E-state index contributed by atoms with van der Waals surface area (Å²) in [5.74, 6) is 1.34. The number of hydrogen-bond donors (Lipinski definition) is 1. The van der Waals surface area contributed by atoms with Crippen LogP contribution in [0.3, 0.4) is 0 Å². The number of aromatic nitrogens is 2. The van der Waals surface area contributed by atoms with Gasteiger partial charge in [0.05, 0.1) is 5.69 Å². The van der Waals surface area contributed by atoms with Crippen molar-refractivity contribution in [2.45, 2.75) is 24.1 Å². The molecule has 1 heterocycles. The van der Waals surface area contributed by atoms with Crippen LogP contribution in [0.15, 0.2) is 36.4 Å². The fraction of sp³-hybridized carbons (Fsp3) is 0.286. The van der Waals surface area contributed by atoms with Crippen LogP contribution < -0.4 is 5.32 Å². The zero-order valence-corrected chi connectivity index (χ0v) is 11.5. The van der Waals surface area contributed by atoms with E-state index < -0.39 is 0 Å². The van der Waals surface area contributed by atoms with E-state index in [2.05, 4.69) is 37.3 Å². The number of nitrogens with zero attached hydrogens (tertiary/aromatic N) is 2. The quantitative estimate of drug-likeness (QED) is 0.868. The molecule has 0 unspecified atom stereocenters. The van der Waals surface area contributed by atoms with Crippen LogP contribution in [0.25, 0.3) is 0 Å². The van der Waals surface area contributed by atoms with Crippen molar-refractivity contribution in [2.75, 3.05) is 5.32 Å². The highest BCUT2D eigenvalue weighted by molar-refractivity contribution is 9.08. The topological polar surface area (TPSA) is 37.8 Å². The smallest absolute Gasteiger partial charge is 0.227 e. The number of anilines is 2. The summed E-state index contributed by atoms with van der Waals surface area (Å²) in [7, 11) is 0. The summed E-state index contributed by atoms with van der Waals surface area (Å²) < 4.78 is 0. The summed E-state index contributed by atoms with van der Waals surface area (Å²) in [5, 5.41) is 4.02. The van der Waals surface area contributed by atoms with Crippen molar-refractivity contribution in [1.29, 1.82) is 0 Å². The minimum atomic E-state index is 0.641. The Hall–Kier alpha value is -1.42. The lowest BCUT2D eigenvalue weighted by molar-refractivity contribution is 0.969. The molecule has 0 bridgehead atoms. The van der Waals surface area contributed by atoms with Gasteiger partial charge in [-0.3, -0.25) is 0 Å². The highest BCUT2D eigenvalue weighted by Crippen LogP contribution is 2.39. The average molecular weight is 304 g/mol. The molecule has 1 aliphatic carbocycles. The molecule has 0 saturated heterocycles. The van der Waals surface area contributed by atoms with E-state index in [4.69, 9.17) is 0 Å². The third-order valence-electron chi connectivity index (χ3n) is 2.96. The summed E-state index contributed by atoms with van der Waals surface area (Å²) in [4.78, 5) is 9.08. The van der Waals surface area contributed by atoms with Gasteiger partial charge >= 0.3 is 0 Å². The minimum absolute atomic E-state index is 0.641. The molecule has 3 nitrogen and oxygen atoms in total. The van der Waals surface area contributed by atoms with E-state index in [0.717, 1.165) is 22.4 Å². The highest BCUT2D eigenvalue weighted by Gasteiger charge is 2.26. The van der Waals surface area contributed by atoms with E-state index >= 15 is 0 Å². The third kappa shape index (κ3) is 2.70. The molecule has 0 aliphatic heterocycles. The standard InChI is InChI=1S/C14H14BrN3/c15-9-12-8-13(10-6-7-10)18-14(17-12)16-11-4-2-1-3-5-11/h1-5,8,10H,6-7,9H2,(H,16,17,18). The third-order valence-corrected chi connectivity index (χ3v) is 3.54. The van der Waals surface area contributed by atoms with Gasteiger partial charge < -0.3 is 5.32 Å². The predicted molar refractivity (Wildman–Crippen MR) is 76.4 cm³/mol. The maximum absolute atomic E-state index is 4.60. The van der Waals surface area contributed by atoms with Crippen LogP contribution in [0.5, 0.6) is 0 Å². The fourth-order valence-corrected chi connectivity index (χ4v) is 2.17. The summed E-state index contributed by atoms with van der Waals surface area (Å²) in [6.07, 6.45) is 2.51. The maximum atomic E-state index is 4.60. The largest absolute Gasteiger partial charge is 0.324 e. The first-order chi connectivity index (χ1) is 8.85. The highest BCUT2D eigenvalue weighted by atomic mass is 79.9. The maximum Gasteiger partial charge on any atom is 0.227 e. The van der Waals surface area contributed by atoms with Gasteiger partial charge in [-0.05, 0) is 31.0 Å². The Balaban J connectivity index is 1.88. The van der Waals surface area contributed by atoms with Gasteiger partial charge in [0.1, 0.15) is 0 Å². The van der Waals surface area contributed by atoms with Gasteiger partial charge in [-0.15, -0.1) is 0 Å². The lowest BCUT2D eigenvalue weighted by Gasteiger charge is -2.08. The monoisotopic (exact) mass is 303 g/mol. The van der Waals surface area contributed by atoms with Crippen molar-refractivity contribution in [2.24, 2.45) is 0 Å². The van der Waals surface area contributed by atoms with Gasteiger partial charge in [-0.2, -0.15) is 0 Å². The van der Waals surface area contributed by atoms with E-state index in [9.17, 15) is 0 Å². The van der Waals surface area contributed by atoms with Gasteiger partial charge in [0, 0.05) is 22.6 Å². The summed E-state index contributed by atoms with van der Waals surface area (Å²) in [5.41, 5.74) is 3.22. The first kappa shape index (κ1) is 11.7. The number of rotatable bonds is 4. The molecule has 1 fully saturated rings. The summed E-state index contributed by atoms with van der Waals surface area (Å²) in [6, 6.07) is 12.1. The van der Waals surface area contributed by atoms with Gasteiger partial charge in [-0.1, -0.05) is 34.1 Å². The van der Waals surface area contributed by atoms with E-state index in [1.54, 1.807) is 0 Å². The van der Waals surface area contributed by atoms with Crippen molar-refractivity contribution in [3.8, 4) is 0 Å². The molecule has 1 aromatic carbocycles. The molecule has 1 N–H and O–H groups in total. The van der Waals surface area contributed by atoms with Gasteiger partial charge in [-0.25, -0.2) is 9.97 Å². The molecule has 3 rings (SSSR count). The van der Waals surface area contributed by atoms with Gasteiger partial charge in [0.15, 0.2) is 0 Å². The minimum Gasteiger partial charge on any atom is -0.324 e. The molecule has 0 spiro atoms. The number of nitrogens with one attached hydrogen (secondary N) is 1. The first-order valence-corrected chi connectivity index (χ1v) is 7.23. The molecule has 92 valence electrons. The molecule has 0 radical (unpaired) electrons. The number of benzene rings is 1. The normalized spacial score (nSPS) is 14.5. The lowest BCUT2D eigenvalue weighted by atomic mass is 10.2. The Kier molecular flexibility index (Phi) is 3.28. The molecule has 1 saturated carbocycles. The Morgan fingerprint density at radius 2 is 1.94 bits per heavy atom. The second-order valence-corrected chi connectivity index (χ2v) is 5.07. The number of alkyl halides is 1. The number of para-hydroxylation sites is 1. The summed E-state index contributed by atoms with van der Waals surface area (Å²) in [6.45, 7) is 0. The molecule has 1 aliphatic rings. The van der Waals surface area contributed by atoms with Crippen molar-refractivity contribution < 1.29 is 0 Å². The van der Waals surface area contributed by atoms with Crippen LogP contribution in [-0.2, 0) is 5.33 Å². The van der Waals surface area contributed by atoms with Crippen LogP contribution in [0.4, 0.5) is 11.6 Å². The van der Waals surface area contributed by atoms with Gasteiger partial charge in [0.2, 0.25) is 5.95 Å². The van der Waals surface area contributed by atoms with Crippen LogP contribution >= 0.6 is 15.9 Å². The Bertz CT molecular complexity index is 538. The average Bonchev–Trinajstić information content (AvgIpc) is 3.24. The first-order valence-electron chi connectivity index (χ1n) is 6.11. The predicted octanol–water partition coefficient (Wildman–Crippen LogP) is 3.99. The molecule has 0 atom stereocenters. The van der Waals surface area contributed by atoms with Crippen LogP contribution in [0, 0.1) is 0 Å². The molecular formula is C14H14BrN3. The number of hydrogen-bond acceptors (Lipinski definition) is 3. The van der Waals surface area contributed by atoms with Crippen molar-refractivity contribution in [3.05, 3.63) is 47.8 Å². The zero-order valence-electron chi connectivity index (χ0n) is 9.94. The van der Waals surface area contributed by atoms with E-state index in [1.165, 1.54) is 12.8 Å². The Morgan fingerprint density at radius 1 is 1.17 bits per heavy atom.